The molecule has 0 aliphatic heterocycles. The minimum Gasteiger partial charge on any atom is -0.462 e. The molecule has 0 aliphatic carbocycles. The molecule has 0 bridgehead atoms. The second-order valence-corrected chi connectivity index (χ2v) is 6.04. The zero-order valence-electron chi connectivity index (χ0n) is 14.4. The standard InChI is InChI=1S/C19H27ClO4/c1-2-3-7-13-23-18(21)16-10-9-11-17(15-16)19(22)24-14-8-5-4-6-12-20/h9-11,15H,2-8,12-14H2,1H3. The highest BCUT2D eigenvalue weighted by atomic mass is 35.5. The largest absolute Gasteiger partial charge is 0.462 e. The van der Waals surface area contributed by atoms with Crippen molar-refractivity contribution in [1.29, 1.82) is 0 Å². The summed E-state index contributed by atoms with van der Waals surface area (Å²) < 4.78 is 10.4. The Balaban J connectivity index is 2.40. The molecule has 0 saturated carbocycles. The number of ether oxygens (including phenoxy) is 2. The summed E-state index contributed by atoms with van der Waals surface area (Å²) in [5, 5.41) is 0. The van der Waals surface area contributed by atoms with Gasteiger partial charge in [0.1, 0.15) is 0 Å². The number of hydrogen-bond acceptors (Lipinski definition) is 4. The average Bonchev–Trinajstić information content (AvgIpc) is 2.61. The van der Waals surface area contributed by atoms with Gasteiger partial charge in [0.25, 0.3) is 0 Å². The van der Waals surface area contributed by atoms with Crippen molar-refractivity contribution in [3.8, 4) is 0 Å². The summed E-state index contributed by atoms with van der Waals surface area (Å²) in [4.78, 5) is 24.0. The number of hydrogen-bond donors (Lipinski definition) is 0. The predicted molar refractivity (Wildman–Crippen MR) is 95.7 cm³/mol. The van der Waals surface area contributed by atoms with Crippen molar-refractivity contribution in [2.24, 2.45) is 0 Å². The van der Waals surface area contributed by atoms with Crippen molar-refractivity contribution in [3.05, 3.63) is 35.4 Å². The zero-order chi connectivity index (χ0) is 17.6. The highest BCUT2D eigenvalue weighted by molar-refractivity contribution is 6.17. The van der Waals surface area contributed by atoms with Gasteiger partial charge in [-0.25, -0.2) is 9.59 Å². The monoisotopic (exact) mass is 354 g/mol. The fraction of sp³-hybridized carbons (Fsp3) is 0.579. The Morgan fingerprint density at radius 2 is 1.42 bits per heavy atom. The Morgan fingerprint density at radius 1 is 0.875 bits per heavy atom. The van der Waals surface area contributed by atoms with Gasteiger partial charge in [-0.05, 0) is 37.5 Å². The third-order valence-corrected chi connectivity index (χ3v) is 3.84. The van der Waals surface area contributed by atoms with Crippen molar-refractivity contribution < 1.29 is 19.1 Å². The van der Waals surface area contributed by atoms with Crippen molar-refractivity contribution in [1.82, 2.24) is 0 Å². The average molecular weight is 355 g/mol. The highest BCUT2D eigenvalue weighted by Gasteiger charge is 2.12. The van der Waals surface area contributed by atoms with Gasteiger partial charge < -0.3 is 9.47 Å². The van der Waals surface area contributed by atoms with E-state index in [0.717, 1.165) is 44.9 Å². The summed E-state index contributed by atoms with van der Waals surface area (Å²) in [6.45, 7) is 2.88. The van der Waals surface area contributed by atoms with Crippen LogP contribution in [0.25, 0.3) is 0 Å². The Bertz CT molecular complexity index is 502. The maximum atomic E-state index is 12.0. The van der Waals surface area contributed by atoms with E-state index in [9.17, 15) is 9.59 Å². The fourth-order valence-electron chi connectivity index (χ4n) is 2.17. The third kappa shape index (κ3) is 8.34. The van der Waals surface area contributed by atoms with Crippen LogP contribution in [0, 0.1) is 0 Å². The lowest BCUT2D eigenvalue weighted by Gasteiger charge is -2.07. The number of halogens is 1. The topological polar surface area (TPSA) is 52.6 Å². The first-order chi connectivity index (χ1) is 11.7. The normalized spacial score (nSPS) is 10.4. The fourth-order valence-corrected chi connectivity index (χ4v) is 2.36. The van der Waals surface area contributed by atoms with Crippen molar-refractivity contribution in [2.45, 2.75) is 51.9 Å². The van der Waals surface area contributed by atoms with Crippen LogP contribution in [0.3, 0.4) is 0 Å². The Hall–Kier alpha value is -1.55. The number of unbranched alkanes of at least 4 members (excludes halogenated alkanes) is 5. The van der Waals surface area contributed by atoms with Gasteiger partial charge in [0, 0.05) is 5.88 Å². The minimum absolute atomic E-state index is 0.374. The van der Waals surface area contributed by atoms with Crippen molar-refractivity contribution in [3.63, 3.8) is 0 Å². The Labute approximate surface area is 149 Å². The molecule has 1 aromatic carbocycles. The van der Waals surface area contributed by atoms with Crippen LogP contribution < -0.4 is 0 Å². The molecule has 0 amide bonds. The number of benzene rings is 1. The maximum Gasteiger partial charge on any atom is 0.338 e. The van der Waals surface area contributed by atoms with Crippen LogP contribution in [-0.2, 0) is 9.47 Å². The van der Waals surface area contributed by atoms with E-state index in [2.05, 4.69) is 6.92 Å². The van der Waals surface area contributed by atoms with E-state index in [1.807, 2.05) is 0 Å². The molecular formula is C19H27ClO4. The van der Waals surface area contributed by atoms with E-state index in [1.165, 1.54) is 6.07 Å². The van der Waals surface area contributed by atoms with Crippen LogP contribution >= 0.6 is 11.6 Å². The van der Waals surface area contributed by atoms with Crippen molar-refractivity contribution >= 4 is 23.5 Å². The van der Waals surface area contributed by atoms with Gasteiger partial charge in [-0.3, -0.25) is 0 Å². The summed E-state index contributed by atoms with van der Waals surface area (Å²) in [6, 6.07) is 6.48. The Kier molecular flexibility index (Phi) is 10.9. The van der Waals surface area contributed by atoms with E-state index in [1.54, 1.807) is 18.2 Å². The highest BCUT2D eigenvalue weighted by Crippen LogP contribution is 2.10. The number of carbonyl (C=O) groups excluding carboxylic acids is 2. The minimum atomic E-state index is -0.409. The second kappa shape index (κ2) is 12.8. The van der Waals surface area contributed by atoms with Crippen LogP contribution in [0.2, 0.25) is 0 Å². The molecule has 5 heteroatoms. The predicted octanol–water partition coefficient (Wildman–Crippen LogP) is 4.99. The first kappa shape index (κ1) is 20.5. The Morgan fingerprint density at radius 3 is 1.96 bits per heavy atom. The van der Waals surface area contributed by atoms with Gasteiger partial charge >= 0.3 is 11.9 Å². The molecule has 0 N–H and O–H groups in total. The van der Waals surface area contributed by atoms with E-state index < -0.39 is 11.9 Å². The summed E-state index contributed by atoms with van der Waals surface area (Å²) in [7, 11) is 0. The summed E-state index contributed by atoms with van der Waals surface area (Å²) in [5.41, 5.74) is 0.752. The second-order valence-electron chi connectivity index (χ2n) is 5.66. The molecule has 0 fully saturated rings. The number of alkyl halides is 1. The van der Waals surface area contributed by atoms with Gasteiger partial charge in [-0.1, -0.05) is 38.7 Å². The molecule has 0 saturated heterocycles. The lowest BCUT2D eigenvalue weighted by molar-refractivity contribution is 0.0496. The number of rotatable bonds is 12. The zero-order valence-corrected chi connectivity index (χ0v) is 15.1. The quantitative estimate of drug-likeness (QED) is 0.301. The molecule has 0 aromatic heterocycles. The first-order valence-electron chi connectivity index (χ1n) is 8.69. The van der Waals surface area contributed by atoms with Gasteiger partial charge in [0.05, 0.1) is 24.3 Å². The molecule has 134 valence electrons. The van der Waals surface area contributed by atoms with Gasteiger partial charge in [-0.15, -0.1) is 11.6 Å². The van der Waals surface area contributed by atoms with Crippen LogP contribution in [0.5, 0.6) is 0 Å². The summed E-state index contributed by atoms with van der Waals surface area (Å²) >= 11 is 5.61. The smallest absolute Gasteiger partial charge is 0.338 e. The van der Waals surface area contributed by atoms with Crippen molar-refractivity contribution in [2.75, 3.05) is 19.1 Å². The SMILES string of the molecule is CCCCCOC(=O)c1cccc(C(=O)OCCCCCCCl)c1. The molecular weight excluding hydrogens is 328 g/mol. The maximum absolute atomic E-state index is 12.0. The van der Waals surface area contributed by atoms with E-state index >= 15 is 0 Å². The molecule has 0 radical (unpaired) electrons. The third-order valence-electron chi connectivity index (χ3n) is 3.58. The molecule has 0 heterocycles. The van der Waals surface area contributed by atoms with Gasteiger partial charge in [0.2, 0.25) is 0 Å². The van der Waals surface area contributed by atoms with Gasteiger partial charge in [-0.2, -0.15) is 0 Å². The molecule has 24 heavy (non-hydrogen) atoms. The van der Waals surface area contributed by atoms with Gasteiger partial charge in [0.15, 0.2) is 0 Å². The van der Waals surface area contributed by atoms with E-state index in [-0.39, 0.29) is 0 Å². The number of carbonyl (C=O) groups is 2. The molecule has 1 aromatic rings. The molecule has 0 atom stereocenters. The van der Waals surface area contributed by atoms with E-state index in [4.69, 9.17) is 21.1 Å². The molecule has 0 aliphatic rings. The molecule has 0 unspecified atom stereocenters. The lowest BCUT2D eigenvalue weighted by atomic mass is 10.1. The number of esters is 2. The van der Waals surface area contributed by atoms with E-state index in [0.29, 0.717) is 30.2 Å². The van der Waals surface area contributed by atoms with Crippen LogP contribution in [-0.4, -0.2) is 31.0 Å². The molecule has 1 rings (SSSR count). The van der Waals surface area contributed by atoms with Crippen LogP contribution in [0.1, 0.15) is 72.6 Å². The summed E-state index contributed by atoms with van der Waals surface area (Å²) in [5.74, 6) is -0.143. The molecule has 4 nitrogen and oxygen atoms in total. The lowest BCUT2D eigenvalue weighted by Crippen LogP contribution is -2.10. The molecule has 0 spiro atoms. The van der Waals surface area contributed by atoms with Crippen LogP contribution in [0.4, 0.5) is 0 Å². The summed E-state index contributed by atoms with van der Waals surface area (Å²) in [6.07, 6.45) is 6.80. The first-order valence-corrected chi connectivity index (χ1v) is 9.22. The van der Waals surface area contributed by atoms with Crippen LogP contribution in [0.15, 0.2) is 24.3 Å².